The number of oxime groups is 1. The third kappa shape index (κ3) is 6.78. The monoisotopic (exact) mass is 400 g/mol. The molecule has 6 nitrogen and oxygen atoms in total. The van der Waals surface area contributed by atoms with E-state index < -0.39 is 6.03 Å². The highest BCUT2D eigenvalue weighted by atomic mass is 19.1. The van der Waals surface area contributed by atoms with E-state index in [2.05, 4.69) is 46.6 Å². The van der Waals surface area contributed by atoms with E-state index >= 15 is 0 Å². The molecule has 0 spiro atoms. The Hall–Kier alpha value is -3.09. The van der Waals surface area contributed by atoms with Crippen molar-refractivity contribution in [1.82, 2.24) is 4.90 Å². The molecule has 0 radical (unpaired) electrons. The van der Waals surface area contributed by atoms with Crippen molar-refractivity contribution in [2.75, 3.05) is 25.0 Å². The van der Waals surface area contributed by atoms with Gasteiger partial charge in [-0.05, 0) is 36.8 Å². The van der Waals surface area contributed by atoms with Crippen molar-refractivity contribution in [3.63, 3.8) is 0 Å². The molecule has 1 atom stereocenters. The van der Waals surface area contributed by atoms with Crippen LogP contribution in [-0.4, -0.2) is 36.5 Å². The molecule has 1 fully saturated rings. The summed E-state index contributed by atoms with van der Waals surface area (Å²) >= 11 is 0. The molecule has 0 aliphatic carbocycles. The van der Waals surface area contributed by atoms with Crippen molar-refractivity contribution in [2.45, 2.75) is 33.1 Å². The fourth-order valence-corrected chi connectivity index (χ4v) is 3.11. The third-order valence-corrected chi connectivity index (χ3v) is 4.52. The molecular formula is C22H29FN4O2. The summed E-state index contributed by atoms with van der Waals surface area (Å²) in [6.07, 6.45) is 1.02. The number of fused-ring (bicyclic) bond motifs is 1. The van der Waals surface area contributed by atoms with E-state index in [1.807, 2.05) is 13.8 Å². The number of nitrogens with one attached hydrogen (secondary N) is 1. The van der Waals surface area contributed by atoms with Crippen LogP contribution in [0.1, 0.15) is 37.3 Å². The van der Waals surface area contributed by atoms with Crippen LogP contribution in [0.25, 0.3) is 0 Å². The number of rotatable bonds is 2. The predicted octanol–water partition coefficient (Wildman–Crippen LogP) is 4.47. The second kappa shape index (κ2) is 11.0. The van der Waals surface area contributed by atoms with Crippen molar-refractivity contribution in [3.05, 3.63) is 65.5 Å². The van der Waals surface area contributed by atoms with Gasteiger partial charge >= 0.3 is 6.03 Å². The van der Waals surface area contributed by atoms with Crippen LogP contribution in [0.5, 0.6) is 0 Å². The first-order chi connectivity index (χ1) is 14.0. The summed E-state index contributed by atoms with van der Waals surface area (Å²) in [6, 6.07) is 13.5. The lowest BCUT2D eigenvalue weighted by atomic mass is 9.97. The number of urea groups is 1. The van der Waals surface area contributed by atoms with Crippen LogP contribution in [0.15, 0.2) is 53.7 Å². The van der Waals surface area contributed by atoms with Gasteiger partial charge in [-0.15, -0.1) is 0 Å². The number of aryl methyl sites for hydroxylation is 1. The number of hydrogen-bond donors (Lipinski definition) is 2. The van der Waals surface area contributed by atoms with Gasteiger partial charge in [-0.2, -0.15) is 0 Å². The minimum absolute atomic E-state index is 0.347. The minimum atomic E-state index is -0.656. The average molecular weight is 400 g/mol. The first kappa shape index (κ1) is 22.2. The molecule has 0 bridgehead atoms. The summed E-state index contributed by atoms with van der Waals surface area (Å²) in [5.74, 6) is 1.36. The van der Waals surface area contributed by atoms with Crippen LogP contribution in [0.2, 0.25) is 0 Å². The van der Waals surface area contributed by atoms with Gasteiger partial charge in [-0.25, -0.2) is 9.18 Å². The van der Waals surface area contributed by atoms with Crippen LogP contribution in [0.3, 0.4) is 0 Å². The van der Waals surface area contributed by atoms with Gasteiger partial charge in [0.2, 0.25) is 0 Å². The molecule has 3 N–H and O–H groups in total. The van der Waals surface area contributed by atoms with Crippen molar-refractivity contribution < 1.29 is 14.0 Å². The number of amidine groups is 1. The SMILES string of the molecule is CC.Cc1ccc(C2CC3=NOCCN3C2)cc1.NC(=O)Nc1ccc(F)cc1. The molecule has 2 aliphatic rings. The normalized spacial score (nSPS) is 16.8. The quantitative estimate of drug-likeness (QED) is 0.780. The van der Waals surface area contributed by atoms with E-state index in [9.17, 15) is 9.18 Å². The van der Waals surface area contributed by atoms with E-state index in [0.29, 0.717) is 11.6 Å². The summed E-state index contributed by atoms with van der Waals surface area (Å²) in [4.78, 5) is 17.7. The molecule has 1 unspecified atom stereocenters. The zero-order valence-corrected chi connectivity index (χ0v) is 17.2. The lowest BCUT2D eigenvalue weighted by molar-refractivity contribution is 0.106. The summed E-state index contributed by atoms with van der Waals surface area (Å²) in [7, 11) is 0. The minimum Gasteiger partial charge on any atom is -0.392 e. The summed E-state index contributed by atoms with van der Waals surface area (Å²) in [5.41, 5.74) is 8.04. The van der Waals surface area contributed by atoms with E-state index in [-0.39, 0.29) is 5.82 Å². The first-order valence-corrected chi connectivity index (χ1v) is 9.83. The largest absolute Gasteiger partial charge is 0.392 e. The Bertz CT molecular complexity index is 807. The zero-order valence-electron chi connectivity index (χ0n) is 17.2. The van der Waals surface area contributed by atoms with Crippen LogP contribution < -0.4 is 11.1 Å². The molecule has 2 aromatic rings. The van der Waals surface area contributed by atoms with Crippen LogP contribution in [0, 0.1) is 12.7 Å². The Morgan fingerprint density at radius 2 is 1.83 bits per heavy atom. The third-order valence-electron chi connectivity index (χ3n) is 4.52. The Labute approximate surface area is 171 Å². The lowest BCUT2D eigenvalue weighted by Crippen LogP contribution is -2.32. The van der Waals surface area contributed by atoms with Crippen LogP contribution in [-0.2, 0) is 4.84 Å². The Kier molecular flexibility index (Phi) is 8.45. The molecule has 2 heterocycles. The van der Waals surface area contributed by atoms with Crippen molar-refractivity contribution in [1.29, 1.82) is 0 Å². The van der Waals surface area contributed by atoms with Gasteiger partial charge in [0.25, 0.3) is 0 Å². The smallest absolute Gasteiger partial charge is 0.316 e. The van der Waals surface area contributed by atoms with Crippen molar-refractivity contribution in [2.24, 2.45) is 10.9 Å². The lowest BCUT2D eigenvalue weighted by Gasteiger charge is -2.21. The Balaban J connectivity index is 0.000000203. The fraction of sp³-hybridized carbons (Fsp3) is 0.364. The van der Waals surface area contributed by atoms with E-state index in [1.165, 1.54) is 35.4 Å². The van der Waals surface area contributed by atoms with Gasteiger partial charge in [0, 0.05) is 24.6 Å². The molecular weight excluding hydrogens is 371 g/mol. The predicted molar refractivity (Wildman–Crippen MR) is 114 cm³/mol. The summed E-state index contributed by atoms with van der Waals surface area (Å²) in [6.45, 7) is 8.93. The standard InChI is InChI=1S/C13H16N2O.C7H7FN2O.C2H6/c1-10-2-4-11(5-3-10)12-8-13-14-16-7-6-15(13)9-12;8-5-1-3-6(4-2-5)10-7(9)11;1-2/h2-5,12H,6-9H2,1H3;1-4H,(H3,9,10,11);1-2H3. The van der Waals surface area contributed by atoms with Gasteiger partial charge in [0.15, 0.2) is 0 Å². The summed E-state index contributed by atoms with van der Waals surface area (Å²) in [5, 5.41) is 6.43. The number of primary amides is 1. The Morgan fingerprint density at radius 3 is 2.41 bits per heavy atom. The molecule has 1 saturated heterocycles. The second-order valence-electron chi connectivity index (χ2n) is 6.59. The molecule has 2 aliphatic heterocycles. The van der Waals surface area contributed by atoms with Gasteiger partial charge in [-0.3, -0.25) is 0 Å². The first-order valence-electron chi connectivity index (χ1n) is 9.83. The highest BCUT2D eigenvalue weighted by Gasteiger charge is 2.30. The number of hydrogen-bond acceptors (Lipinski definition) is 4. The highest BCUT2D eigenvalue weighted by Crippen LogP contribution is 2.29. The number of nitrogens with zero attached hydrogens (tertiary/aromatic N) is 2. The number of anilines is 1. The Morgan fingerprint density at radius 1 is 1.17 bits per heavy atom. The average Bonchev–Trinajstić information content (AvgIpc) is 3.16. The molecule has 0 saturated carbocycles. The zero-order chi connectivity index (χ0) is 21.2. The van der Waals surface area contributed by atoms with Gasteiger partial charge in [0.1, 0.15) is 18.3 Å². The molecule has 2 aromatic carbocycles. The van der Waals surface area contributed by atoms with Gasteiger partial charge in [-0.1, -0.05) is 48.8 Å². The molecule has 2 amide bonds. The van der Waals surface area contributed by atoms with E-state index in [0.717, 1.165) is 32.0 Å². The fourth-order valence-electron chi connectivity index (χ4n) is 3.11. The summed E-state index contributed by atoms with van der Waals surface area (Å²) < 4.78 is 12.3. The van der Waals surface area contributed by atoms with Crippen molar-refractivity contribution in [3.8, 4) is 0 Å². The maximum Gasteiger partial charge on any atom is 0.316 e. The van der Waals surface area contributed by atoms with Crippen LogP contribution >= 0.6 is 0 Å². The molecule has 29 heavy (non-hydrogen) atoms. The molecule has 156 valence electrons. The maximum absolute atomic E-state index is 12.3. The molecule has 4 rings (SSSR count). The number of carbonyl (C=O) groups excluding carboxylic acids is 1. The highest BCUT2D eigenvalue weighted by molar-refractivity contribution is 5.87. The van der Waals surface area contributed by atoms with Crippen molar-refractivity contribution >= 4 is 17.6 Å². The van der Waals surface area contributed by atoms with Gasteiger partial charge < -0.3 is 20.8 Å². The van der Waals surface area contributed by atoms with E-state index in [1.54, 1.807) is 0 Å². The number of halogens is 1. The number of amides is 2. The number of nitrogens with two attached hydrogens (primary N) is 1. The topological polar surface area (TPSA) is 79.9 Å². The van der Waals surface area contributed by atoms with E-state index in [4.69, 9.17) is 10.6 Å². The number of carbonyl (C=O) groups is 1. The van der Waals surface area contributed by atoms with Crippen LogP contribution in [0.4, 0.5) is 14.9 Å². The van der Waals surface area contributed by atoms with Gasteiger partial charge in [0.05, 0.1) is 6.54 Å². The molecule has 0 aromatic heterocycles. The molecule has 7 heteroatoms. The number of benzene rings is 2. The second-order valence-corrected chi connectivity index (χ2v) is 6.59. The maximum atomic E-state index is 12.3.